The minimum atomic E-state index is 0.379. The Morgan fingerprint density at radius 1 is 1.53 bits per heavy atom. The average molecular weight is 264 g/mol. The number of nitrogens with one attached hydrogen (secondary N) is 1. The Balaban J connectivity index is 1.87. The van der Waals surface area contributed by atoms with Crippen molar-refractivity contribution in [3.8, 4) is 0 Å². The van der Waals surface area contributed by atoms with Crippen molar-refractivity contribution in [2.45, 2.75) is 38.8 Å². The highest BCUT2D eigenvalue weighted by atomic mass is 16.5. The summed E-state index contributed by atoms with van der Waals surface area (Å²) in [7, 11) is 0. The highest BCUT2D eigenvalue weighted by Gasteiger charge is 2.20. The van der Waals surface area contributed by atoms with E-state index in [2.05, 4.69) is 22.2 Å². The van der Waals surface area contributed by atoms with E-state index in [0.29, 0.717) is 11.9 Å². The largest absolute Gasteiger partial charge is 0.377 e. The maximum Gasteiger partial charge on any atom is 0.140 e. The topological polar surface area (TPSA) is 63.4 Å². The van der Waals surface area contributed by atoms with Crippen molar-refractivity contribution < 1.29 is 4.74 Å². The zero-order valence-corrected chi connectivity index (χ0v) is 11.6. The van der Waals surface area contributed by atoms with Gasteiger partial charge in [-0.1, -0.05) is 13.0 Å². The van der Waals surface area contributed by atoms with Gasteiger partial charge < -0.3 is 10.2 Å². The van der Waals surface area contributed by atoms with Crippen molar-refractivity contribution in [2.75, 3.05) is 25.1 Å². The van der Waals surface area contributed by atoms with Gasteiger partial charge in [0.25, 0.3) is 0 Å². The minimum Gasteiger partial charge on any atom is -0.377 e. The fourth-order valence-corrected chi connectivity index (χ4v) is 2.45. The van der Waals surface area contributed by atoms with Gasteiger partial charge in [0, 0.05) is 19.7 Å². The molecule has 1 atom stereocenters. The van der Waals surface area contributed by atoms with Crippen molar-refractivity contribution in [1.29, 1.82) is 0 Å². The number of anilines is 1. The first-order chi connectivity index (χ1) is 9.31. The summed E-state index contributed by atoms with van der Waals surface area (Å²) in [6.07, 6.45) is 3.84. The van der Waals surface area contributed by atoms with E-state index in [0.717, 1.165) is 38.4 Å². The van der Waals surface area contributed by atoms with Gasteiger partial charge in [0.05, 0.1) is 11.8 Å². The second-order valence-electron chi connectivity index (χ2n) is 5.03. The fraction of sp³-hybridized carbons (Fsp3) is 0.643. The molecule has 1 aromatic heterocycles. The van der Waals surface area contributed by atoms with Crippen LogP contribution in [0, 0.1) is 0 Å². The van der Waals surface area contributed by atoms with E-state index in [1.807, 2.05) is 18.2 Å². The molecule has 1 aromatic rings. The van der Waals surface area contributed by atoms with E-state index in [9.17, 15) is 0 Å². The lowest BCUT2D eigenvalue weighted by atomic mass is 10.1. The first-order valence-corrected chi connectivity index (χ1v) is 7.08. The van der Waals surface area contributed by atoms with Gasteiger partial charge in [-0.2, -0.15) is 0 Å². The third-order valence-electron chi connectivity index (χ3n) is 3.36. The van der Waals surface area contributed by atoms with Gasteiger partial charge in [0.15, 0.2) is 0 Å². The summed E-state index contributed by atoms with van der Waals surface area (Å²) < 4.78 is 5.85. The van der Waals surface area contributed by atoms with Crippen LogP contribution in [0.4, 0.5) is 5.82 Å². The molecule has 19 heavy (non-hydrogen) atoms. The second kappa shape index (κ2) is 7.43. The smallest absolute Gasteiger partial charge is 0.140 e. The monoisotopic (exact) mass is 264 g/mol. The molecule has 0 aliphatic carbocycles. The number of hydrogen-bond donors (Lipinski definition) is 2. The first-order valence-electron chi connectivity index (χ1n) is 7.08. The molecule has 3 N–H and O–H groups in total. The Morgan fingerprint density at radius 3 is 3.21 bits per heavy atom. The lowest BCUT2D eigenvalue weighted by Gasteiger charge is -2.32. The molecule has 0 spiro atoms. The molecular formula is C14H24N4O. The molecule has 1 aliphatic rings. The van der Waals surface area contributed by atoms with Crippen LogP contribution in [0.15, 0.2) is 18.2 Å². The molecule has 5 nitrogen and oxygen atoms in total. The molecule has 106 valence electrons. The quantitative estimate of drug-likeness (QED) is 0.605. The Hall–Kier alpha value is -1.17. The molecule has 0 bridgehead atoms. The minimum absolute atomic E-state index is 0.379. The van der Waals surface area contributed by atoms with Gasteiger partial charge in [-0.3, -0.25) is 4.90 Å². The average Bonchev–Trinajstić information content (AvgIpc) is 2.46. The van der Waals surface area contributed by atoms with Gasteiger partial charge in [-0.25, -0.2) is 10.8 Å². The number of nitrogen functional groups attached to an aromatic ring is 1. The predicted octanol–water partition coefficient (Wildman–Crippen LogP) is 1.76. The second-order valence-corrected chi connectivity index (χ2v) is 5.03. The SMILES string of the molecule is CCCOC1CCCN(Cc2cccc(NN)n2)C1. The summed E-state index contributed by atoms with van der Waals surface area (Å²) in [5.41, 5.74) is 3.63. The molecule has 0 aromatic carbocycles. The molecule has 2 heterocycles. The number of hydrazine groups is 1. The number of ether oxygens (including phenoxy) is 1. The van der Waals surface area contributed by atoms with Crippen LogP contribution in [0.25, 0.3) is 0 Å². The molecule has 5 heteroatoms. The van der Waals surface area contributed by atoms with Gasteiger partial charge in [0.2, 0.25) is 0 Å². The van der Waals surface area contributed by atoms with Crippen LogP contribution < -0.4 is 11.3 Å². The number of aromatic nitrogens is 1. The molecule has 1 unspecified atom stereocenters. The molecule has 0 saturated carbocycles. The van der Waals surface area contributed by atoms with Crippen molar-refractivity contribution >= 4 is 5.82 Å². The zero-order valence-electron chi connectivity index (χ0n) is 11.6. The summed E-state index contributed by atoms with van der Waals surface area (Å²) in [6, 6.07) is 5.89. The Kier molecular flexibility index (Phi) is 5.57. The van der Waals surface area contributed by atoms with Crippen LogP contribution >= 0.6 is 0 Å². The van der Waals surface area contributed by atoms with E-state index in [1.165, 1.54) is 12.8 Å². The molecule has 1 fully saturated rings. The zero-order chi connectivity index (χ0) is 13.5. The molecular weight excluding hydrogens is 240 g/mol. The highest BCUT2D eigenvalue weighted by Crippen LogP contribution is 2.16. The molecule has 2 rings (SSSR count). The molecule has 0 radical (unpaired) electrons. The van der Waals surface area contributed by atoms with Crippen molar-refractivity contribution in [1.82, 2.24) is 9.88 Å². The lowest BCUT2D eigenvalue weighted by Crippen LogP contribution is -2.39. The van der Waals surface area contributed by atoms with E-state index < -0.39 is 0 Å². The van der Waals surface area contributed by atoms with Crippen LogP contribution in [0.2, 0.25) is 0 Å². The van der Waals surface area contributed by atoms with Gasteiger partial charge in [-0.15, -0.1) is 0 Å². The maximum atomic E-state index is 5.85. The van der Waals surface area contributed by atoms with Gasteiger partial charge >= 0.3 is 0 Å². The maximum absolute atomic E-state index is 5.85. The Morgan fingerprint density at radius 2 is 2.42 bits per heavy atom. The Labute approximate surface area is 115 Å². The fourth-order valence-electron chi connectivity index (χ4n) is 2.45. The normalized spacial score (nSPS) is 20.4. The van der Waals surface area contributed by atoms with Crippen molar-refractivity contribution in [3.05, 3.63) is 23.9 Å². The number of nitrogens with zero attached hydrogens (tertiary/aromatic N) is 2. The number of hydrogen-bond acceptors (Lipinski definition) is 5. The highest BCUT2D eigenvalue weighted by molar-refractivity contribution is 5.33. The number of nitrogens with two attached hydrogens (primary N) is 1. The number of rotatable bonds is 6. The van der Waals surface area contributed by atoms with E-state index in [-0.39, 0.29) is 0 Å². The summed E-state index contributed by atoms with van der Waals surface area (Å²) in [6.45, 7) is 6.00. The van der Waals surface area contributed by atoms with Gasteiger partial charge in [-0.05, 0) is 37.9 Å². The van der Waals surface area contributed by atoms with Crippen LogP contribution in [0.3, 0.4) is 0 Å². The first kappa shape index (κ1) is 14.2. The summed E-state index contributed by atoms with van der Waals surface area (Å²) in [5, 5.41) is 0. The molecule has 0 amide bonds. The van der Waals surface area contributed by atoms with Crippen LogP contribution in [-0.2, 0) is 11.3 Å². The Bertz CT molecular complexity index is 385. The summed E-state index contributed by atoms with van der Waals surface area (Å²) >= 11 is 0. The third-order valence-corrected chi connectivity index (χ3v) is 3.36. The number of pyridine rings is 1. The predicted molar refractivity (Wildman–Crippen MR) is 76.6 cm³/mol. The third kappa shape index (κ3) is 4.45. The van der Waals surface area contributed by atoms with Crippen molar-refractivity contribution in [3.63, 3.8) is 0 Å². The van der Waals surface area contributed by atoms with Crippen LogP contribution in [0.5, 0.6) is 0 Å². The molecule has 1 aliphatic heterocycles. The van der Waals surface area contributed by atoms with E-state index in [1.54, 1.807) is 0 Å². The van der Waals surface area contributed by atoms with E-state index >= 15 is 0 Å². The van der Waals surface area contributed by atoms with Gasteiger partial charge in [0.1, 0.15) is 5.82 Å². The van der Waals surface area contributed by atoms with Crippen LogP contribution in [-0.4, -0.2) is 35.7 Å². The summed E-state index contributed by atoms with van der Waals surface area (Å²) in [4.78, 5) is 6.86. The van der Waals surface area contributed by atoms with Crippen LogP contribution in [0.1, 0.15) is 31.9 Å². The van der Waals surface area contributed by atoms with Crippen molar-refractivity contribution in [2.24, 2.45) is 5.84 Å². The standard InChI is InChI=1S/C14H24N4O/c1-2-9-19-13-6-4-8-18(11-13)10-12-5-3-7-14(16-12)17-15/h3,5,7,13H,2,4,6,8-11,15H2,1H3,(H,16,17). The molecule has 1 saturated heterocycles. The number of piperidine rings is 1. The number of likely N-dealkylation sites (tertiary alicyclic amines) is 1. The summed E-state index contributed by atoms with van der Waals surface area (Å²) in [5.74, 6) is 6.10. The lowest BCUT2D eigenvalue weighted by molar-refractivity contribution is -0.00251. The van der Waals surface area contributed by atoms with E-state index in [4.69, 9.17) is 10.6 Å².